The van der Waals surface area contributed by atoms with Gasteiger partial charge in [-0.3, -0.25) is 9.80 Å². The highest BCUT2D eigenvalue weighted by Gasteiger charge is 2.40. The molecule has 0 saturated carbocycles. The first kappa shape index (κ1) is 38.7. The molecule has 0 spiro atoms. The number of nitrogens with zero attached hydrogens (tertiary/aromatic N) is 2. The highest BCUT2D eigenvalue weighted by Crippen LogP contribution is 2.40. The Balaban J connectivity index is 1.27. The van der Waals surface area contributed by atoms with Gasteiger partial charge in [-0.1, -0.05) is 164 Å². The van der Waals surface area contributed by atoms with Crippen LogP contribution in [0.25, 0.3) is 0 Å². The van der Waals surface area contributed by atoms with Crippen molar-refractivity contribution < 1.29 is 0 Å². The predicted molar refractivity (Wildman–Crippen MR) is 207 cm³/mol. The molecule has 0 unspecified atom stereocenters. The molecule has 268 valence electrons. The van der Waals surface area contributed by atoms with Crippen LogP contribution >= 0.6 is 0 Å². The van der Waals surface area contributed by atoms with E-state index in [2.05, 4.69) is 141 Å². The van der Waals surface area contributed by atoms with E-state index in [1.54, 1.807) is 0 Å². The van der Waals surface area contributed by atoms with Crippen LogP contribution in [0.3, 0.4) is 0 Å². The third-order valence-electron chi connectivity index (χ3n) is 15.1. The van der Waals surface area contributed by atoms with Gasteiger partial charge in [0.05, 0.1) is 0 Å². The molecule has 0 amide bonds. The standard InChI is InChI=1S/C45H78N2/c1-30-20-24-42(38(9)34(30)5)46(43-25-21-31(2)35(6)39(43)10)28-18-16-14-13-15-17-19-29-47(44-26-22-32(3)36(7)40(44)11)45-27-23-33(4)37(8)41(45)12/h20-27,30-45H,13-19,28-29H2,1-12H3/t30-,31-,32-,33-,34-,35-,36-,37-,38+,39+,40+,41+,42+,43+,44+,45+/m1/s1. The largest absolute Gasteiger partial charge is 0.290 e. The molecule has 0 aromatic heterocycles. The van der Waals surface area contributed by atoms with Gasteiger partial charge in [-0.05, 0) is 96.9 Å². The predicted octanol–water partition coefficient (Wildman–Crippen LogP) is 11.7. The molecule has 4 aliphatic carbocycles. The smallest absolute Gasteiger partial charge is 0.0312 e. The molecule has 0 heterocycles. The second-order valence-electron chi connectivity index (χ2n) is 17.8. The van der Waals surface area contributed by atoms with Crippen molar-refractivity contribution in [3.05, 3.63) is 48.6 Å². The summed E-state index contributed by atoms with van der Waals surface area (Å²) in [5.74, 6) is 8.60. The van der Waals surface area contributed by atoms with Gasteiger partial charge in [0.25, 0.3) is 0 Å². The van der Waals surface area contributed by atoms with Crippen LogP contribution in [-0.4, -0.2) is 47.1 Å². The molecule has 0 N–H and O–H groups in total. The minimum Gasteiger partial charge on any atom is -0.290 e. The Hall–Kier alpha value is -1.12. The molecular weight excluding hydrogens is 569 g/mol. The summed E-state index contributed by atoms with van der Waals surface area (Å²) in [5, 5.41) is 0. The average Bonchev–Trinajstić information content (AvgIpc) is 3.05. The van der Waals surface area contributed by atoms with E-state index in [0.29, 0.717) is 71.5 Å². The van der Waals surface area contributed by atoms with E-state index in [-0.39, 0.29) is 0 Å². The fraction of sp³-hybridized carbons (Fsp3) is 0.822. The topological polar surface area (TPSA) is 6.48 Å². The van der Waals surface area contributed by atoms with Crippen molar-refractivity contribution in [1.29, 1.82) is 0 Å². The summed E-state index contributed by atoms with van der Waals surface area (Å²) in [4.78, 5) is 5.85. The molecule has 0 aliphatic heterocycles. The number of hydrogen-bond acceptors (Lipinski definition) is 2. The molecule has 2 nitrogen and oxygen atoms in total. The van der Waals surface area contributed by atoms with Crippen molar-refractivity contribution in [3.63, 3.8) is 0 Å². The van der Waals surface area contributed by atoms with Crippen molar-refractivity contribution in [2.24, 2.45) is 71.0 Å². The van der Waals surface area contributed by atoms with Gasteiger partial charge in [0.15, 0.2) is 0 Å². The molecule has 0 aromatic carbocycles. The zero-order valence-corrected chi connectivity index (χ0v) is 33.1. The second kappa shape index (κ2) is 17.7. The SMILES string of the molecule is C[C@H]1[C@H](C)[C@@H](N(CCCCCCCCCN([C@H]2C=C[C@@H](C)[C@@H](C)[C@@H]2C)[C@H]2C=C[C@@H](C)[C@@H](C)[C@@H]2C)[C@H]2C=C[C@@H](C)[C@@H](C)[C@@H]2C)C=C[C@H]1C. The van der Waals surface area contributed by atoms with Crippen LogP contribution in [0.5, 0.6) is 0 Å². The minimum atomic E-state index is 0.572. The summed E-state index contributed by atoms with van der Waals surface area (Å²) >= 11 is 0. The quantitative estimate of drug-likeness (QED) is 0.137. The Morgan fingerprint density at radius 2 is 0.489 bits per heavy atom. The van der Waals surface area contributed by atoms with Gasteiger partial charge < -0.3 is 0 Å². The fourth-order valence-electron chi connectivity index (χ4n) is 9.83. The number of hydrogen-bond donors (Lipinski definition) is 0. The summed E-state index contributed by atoms with van der Waals surface area (Å²) in [5.41, 5.74) is 0. The molecule has 2 heteroatoms. The highest BCUT2D eigenvalue weighted by atomic mass is 15.2. The van der Waals surface area contributed by atoms with Gasteiger partial charge in [0, 0.05) is 24.2 Å². The van der Waals surface area contributed by atoms with E-state index in [1.165, 1.54) is 58.0 Å². The Morgan fingerprint density at radius 3 is 0.723 bits per heavy atom. The maximum atomic E-state index is 2.92. The molecule has 0 bridgehead atoms. The number of allylic oxidation sites excluding steroid dienone is 4. The molecule has 4 rings (SSSR count). The van der Waals surface area contributed by atoms with Crippen LogP contribution in [-0.2, 0) is 0 Å². The Bertz CT molecular complexity index is 900. The molecule has 16 atom stereocenters. The molecule has 4 aliphatic rings. The van der Waals surface area contributed by atoms with Crippen molar-refractivity contribution in [2.75, 3.05) is 13.1 Å². The van der Waals surface area contributed by atoms with Gasteiger partial charge in [-0.15, -0.1) is 0 Å². The van der Waals surface area contributed by atoms with E-state index < -0.39 is 0 Å². The Morgan fingerprint density at radius 1 is 0.277 bits per heavy atom. The fourth-order valence-corrected chi connectivity index (χ4v) is 9.83. The average molecular weight is 647 g/mol. The maximum absolute atomic E-state index is 2.92. The zero-order valence-electron chi connectivity index (χ0n) is 33.1. The van der Waals surface area contributed by atoms with Crippen molar-refractivity contribution in [2.45, 2.75) is 152 Å². The third-order valence-corrected chi connectivity index (χ3v) is 15.1. The lowest BCUT2D eigenvalue weighted by atomic mass is 9.72. The van der Waals surface area contributed by atoms with Gasteiger partial charge in [0.1, 0.15) is 0 Å². The number of unbranched alkanes of at least 4 members (excludes halogenated alkanes) is 6. The van der Waals surface area contributed by atoms with Gasteiger partial charge in [-0.2, -0.15) is 0 Å². The third kappa shape index (κ3) is 9.17. The Kier molecular flexibility index (Phi) is 14.6. The highest BCUT2D eigenvalue weighted by molar-refractivity contribution is 5.14. The van der Waals surface area contributed by atoms with Crippen molar-refractivity contribution in [3.8, 4) is 0 Å². The van der Waals surface area contributed by atoms with E-state index >= 15 is 0 Å². The first-order valence-electron chi connectivity index (χ1n) is 20.6. The normalized spacial score (nSPS) is 43.7. The first-order chi connectivity index (χ1) is 22.3. The first-order valence-corrected chi connectivity index (χ1v) is 20.6. The summed E-state index contributed by atoms with van der Waals surface area (Å²) < 4.78 is 0. The number of rotatable bonds is 14. The van der Waals surface area contributed by atoms with Gasteiger partial charge in [-0.25, -0.2) is 0 Å². The van der Waals surface area contributed by atoms with Crippen LogP contribution in [0.2, 0.25) is 0 Å². The molecular formula is C45H78N2. The van der Waals surface area contributed by atoms with Crippen molar-refractivity contribution in [1.82, 2.24) is 9.80 Å². The minimum absolute atomic E-state index is 0.572. The lowest BCUT2D eigenvalue weighted by Crippen LogP contribution is -2.52. The van der Waals surface area contributed by atoms with Crippen LogP contribution in [0.1, 0.15) is 128 Å². The van der Waals surface area contributed by atoms with E-state index in [0.717, 1.165) is 23.7 Å². The molecule has 47 heavy (non-hydrogen) atoms. The van der Waals surface area contributed by atoms with Crippen LogP contribution in [0.15, 0.2) is 48.6 Å². The van der Waals surface area contributed by atoms with Crippen molar-refractivity contribution >= 4 is 0 Å². The summed E-state index contributed by atoms with van der Waals surface area (Å²) in [6, 6.07) is 2.29. The maximum Gasteiger partial charge on any atom is 0.0312 e. The molecule has 0 radical (unpaired) electrons. The van der Waals surface area contributed by atoms with Crippen LogP contribution < -0.4 is 0 Å². The lowest BCUT2D eigenvalue weighted by molar-refractivity contribution is 0.0586. The van der Waals surface area contributed by atoms with Crippen LogP contribution in [0.4, 0.5) is 0 Å². The molecule has 0 fully saturated rings. The summed E-state index contributed by atoms with van der Waals surface area (Å²) in [6.07, 6.45) is 30.0. The van der Waals surface area contributed by atoms with E-state index in [1.807, 2.05) is 0 Å². The van der Waals surface area contributed by atoms with Gasteiger partial charge >= 0.3 is 0 Å². The lowest BCUT2D eigenvalue weighted by Gasteiger charge is -2.48. The summed E-state index contributed by atoms with van der Waals surface area (Å²) in [6.45, 7) is 32.1. The second-order valence-corrected chi connectivity index (χ2v) is 17.8. The van der Waals surface area contributed by atoms with E-state index in [4.69, 9.17) is 0 Å². The Labute approximate surface area is 294 Å². The summed E-state index contributed by atoms with van der Waals surface area (Å²) in [7, 11) is 0. The van der Waals surface area contributed by atoms with Gasteiger partial charge in [0.2, 0.25) is 0 Å². The molecule has 0 saturated heterocycles. The van der Waals surface area contributed by atoms with E-state index in [9.17, 15) is 0 Å². The zero-order chi connectivity index (χ0) is 34.4. The van der Waals surface area contributed by atoms with Crippen LogP contribution in [0, 0.1) is 71.0 Å². The molecule has 0 aromatic rings. The monoisotopic (exact) mass is 647 g/mol.